The lowest BCUT2D eigenvalue weighted by Gasteiger charge is -2.37. The standard InChI is InChI=1S/C15H24F2O4S/c1-3-11(22(2)19)12(18)14(7-8-14)10-21-15(13(16)17)6-4-5-9-20-15/h11,13H,3-10H2,1-2H3. The Morgan fingerprint density at radius 3 is 2.41 bits per heavy atom. The van der Waals surface area contributed by atoms with E-state index in [1.54, 1.807) is 0 Å². The molecule has 22 heavy (non-hydrogen) atoms. The van der Waals surface area contributed by atoms with E-state index in [0.29, 0.717) is 25.7 Å². The molecule has 0 amide bonds. The van der Waals surface area contributed by atoms with Crippen LogP contribution in [0.3, 0.4) is 0 Å². The molecule has 0 radical (unpaired) electrons. The zero-order chi connectivity index (χ0) is 16.4. The molecule has 3 atom stereocenters. The van der Waals surface area contributed by atoms with Crippen LogP contribution in [0, 0.1) is 5.41 Å². The molecule has 0 aromatic rings. The van der Waals surface area contributed by atoms with Crippen LogP contribution < -0.4 is 0 Å². The second-order valence-corrected chi connectivity index (χ2v) is 7.81. The van der Waals surface area contributed by atoms with E-state index in [-0.39, 0.29) is 25.4 Å². The minimum atomic E-state index is -2.74. The van der Waals surface area contributed by atoms with Gasteiger partial charge in [0.1, 0.15) is 0 Å². The van der Waals surface area contributed by atoms with Crippen molar-refractivity contribution in [3.63, 3.8) is 0 Å². The van der Waals surface area contributed by atoms with Gasteiger partial charge in [0, 0.05) is 23.5 Å². The molecule has 0 spiro atoms. The van der Waals surface area contributed by atoms with Crippen molar-refractivity contribution in [2.45, 2.75) is 62.9 Å². The highest BCUT2D eigenvalue weighted by Gasteiger charge is 2.55. The molecule has 1 heterocycles. The first-order valence-electron chi connectivity index (χ1n) is 7.79. The molecule has 1 saturated carbocycles. The fraction of sp³-hybridized carbons (Fsp3) is 0.933. The van der Waals surface area contributed by atoms with Crippen molar-refractivity contribution >= 4 is 16.6 Å². The van der Waals surface area contributed by atoms with Gasteiger partial charge in [0.2, 0.25) is 5.79 Å². The van der Waals surface area contributed by atoms with Crippen LogP contribution in [0.4, 0.5) is 8.78 Å². The van der Waals surface area contributed by atoms with Crippen LogP contribution in [0.25, 0.3) is 0 Å². The largest absolute Gasteiger partial charge is 0.345 e. The average molecular weight is 338 g/mol. The van der Waals surface area contributed by atoms with Crippen molar-refractivity contribution < 1.29 is 27.3 Å². The highest BCUT2D eigenvalue weighted by molar-refractivity contribution is 7.85. The van der Waals surface area contributed by atoms with Crippen LogP contribution in [0.1, 0.15) is 45.4 Å². The van der Waals surface area contributed by atoms with Gasteiger partial charge in [-0.1, -0.05) is 6.92 Å². The van der Waals surface area contributed by atoms with Crippen LogP contribution >= 0.6 is 0 Å². The number of halogens is 2. The van der Waals surface area contributed by atoms with Gasteiger partial charge < -0.3 is 9.47 Å². The molecule has 1 saturated heterocycles. The molecular weight excluding hydrogens is 314 g/mol. The van der Waals surface area contributed by atoms with Crippen LogP contribution in [0.15, 0.2) is 0 Å². The first-order chi connectivity index (χ1) is 10.4. The molecule has 0 aromatic carbocycles. The van der Waals surface area contributed by atoms with Crippen LogP contribution in [-0.2, 0) is 25.1 Å². The van der Waals surface area contributed by atoms with Gasteiger partial charge in [-0.05, 0) is 32.1 Å². The van der Waals surface area contributed by atoms with Gasteiger partial charge >= 0.3 is 0 Å². The van der Waals surface area contributed by atoms with E-state index in [2.05, 4.69) is 0 Å². The van der Waals surface area contributed by atoms with Crippen LogP contribution in [0.2, 0.25) is 0 Å². The van der Waals surface area contributed by atoms with Gasteiger partial charge in [0.25, 0.3) is 6.43 Å². The number of rotatable bonds is 8. The fourth-order valence-corrected chi connectivity index (χ4v) is 3.95. The van der Waals surface area contributed by atoms with E-state index in [1.165, 1.54) is 6.26 Å². The number of hydrogen-bond acceptors (Lipinski definition) is 4. The van der Waals surface area contributed by atoms with Gasteiger partial charge in [-0.15, -0.1) is 0 Å². The molecule has 3 unspecified atom stereocenters. The van der Waals surface area contributed by atoms with Gasteiger partial charge in [-0.3, -0.25) is 9.00 Å². The van der Waals surface area contributed by atoms with Gasteiger partial charge in [-0.2, -0.15) is 0 Å². The Labute approximate surface area is 132 Å². The molecule has 2 fully saturated rings. The number of Topliss-reactive ketones (excluding diaryl/α,β-unsaturated/α-hetero) is 1. The van der Waals surface area contributed by atoms with E-state index >= 15 is 0 Å². The summed E-state index contributed by atoms with van der Waals surface area (Å²) in [6.07, 6.45) is 2.00. The van der Waals surface area contributed by atoms with E-state index in [0.717, 1.165) is 6.42 Å². The predicted molar refractivity (Wildman–Crippen MR) is 79.3 cm³/mol. The van der Waals surface area contributed by atoms with Crippen molar-refractivity contribution in [3.8, 4) is 0 Å². The van der Waals surface area contributed by atoms with E-state index in [9.17, 15) is 17.8 Å². The second-order valence-electron chi connectivity index (χ2n) is 6.25. The highest BCUT2D eigenvalue weighted by Crippen LogP contribution is 2.49. The Kier molecular flexibility index (Phi) is 5.72. The summed E-state index contributed by atoms with van der Waals surface area (Å²) >= 11 is 0. The summed E-state index contributed by atoms with van der Waals surface area (Å²) in [5.74, 6) is -1.99. The number of ether oxygens (including phenoxy) is 2. The number of alkyl halides is 2. The third-order valence-corrected chi connectivity index (χ3v) is 5.98. The Morgan fingerprint density at radius 1 is 1.32 bits per heavy atom. The molecule has 0 N–H and O–H groups in total. The maximum absolute atomic E-state index is 13.3. The van der Waals surface area contributed by atoms with E-state index < -0.39 is 33.7 Å². The van der Waals surface area contributed by atoms with Gasteiger partial charge in [0.05, 0.1) is 23.9 Å². The van der Waals surface area contributed by atoms with Crippen LogP contribution in [0.5, 0.6) is 0 Å². The summed E-state index contributed by atoms with van der Waals surface area (Å²) in [5, 5.41) is -0.541. The quantitative estimate of drug-likeness (QED) is 0.683. The summed E-state index contributed by atoms with van der Waals surface area (Å²) in [6.45, 7) is 2.00. The van der Waals surface area contributed by atoms with Crippen molar-refractivity contribution in [2.24, 2.45) is 5.41 Å². The smallest absolute Gasteiger partial charge is 0.291 e. The molecular formula is C15H24F2O4S. The van der Waals surface area contributed by atoms with Gasteiger partial charge in [0.15, 0.2) is 5.78 Å². The van der Waals surface area contributed by atoms with Crippen molar-refractivity contribution in [2.75, 3.05) is 19.5 Å². The number of carbonyl (C=O) groups is 1. The minimum Gasteiger partial charge on any atom is -0.345 e. The zero-order valence-corrected chi connectivity index (χ0v) is 13.9. The van der Waals surface area contributed by atoms with E-state index in [1.807, 2.05) is 6.92 Å². The third kappa shape index (κ3) is 3.57. The summed E-state index contributed by atoms with van der Waals surface area (Å²) in [7, 11) is -1.25. The molecule has 0 aromatic heterocycles. The van der Waals surface area contributed by atoms with Crippen molar-refractivity contribution in [3.05, 3.63) is 0 Å². The topological polar surface area (TPSA) is 52.6 Å². The molecule has 128 valence electrons. The monoisotopic (exact) mass is 338 g/mol. The lowest BCUT2D eigenvalue weighted by Crippen LogP contribution is -2.48. The maximum Gasteiger partial charge on any atom is 0.291 e. The first kappa shape index (κ1) is 17.9. The number of carbonyl (C=O) groups excluding carboxylic acids is 1. The summed E-state index contributed by atoms with van der Waals surface area (Å²) in [6, 6.07) is 0. The molecule has 1 aliphatic carbocycles. The molecule has 1 aliphatic heterocycles. The van der Waals surface area contributed by atoms with E-state index in [4.69, 9.17) is 9.47 Å². The average Bonchev–Trinajstić information content (AvgIpc) is 3.27. The van der Waals surface area contributed by atoms with Gasteiger partial charge in [-0.25, -0.2) is 8.78 Å². The Hall–Kier alpha value is -0.400. The Balaban J connectivity index is 2.03. The normalized spacial score (nSPS) is 30.0. The summed E-state index contributed by atoms with van der Waals surface area (Å²) < 4.78 is 49.0. The number of hydrogen-bond donors (Lipinski definition) is 0. The summed E-state index contributed by atoms with van der Waals surface area (Å²) in [5.41, 5.74) is -0.741. The predicted octanol–water partition coefficient (Wildman–Crippen LogP) is 2.67. The maximum atomic E-state index is 13.3. The Bertz CT molecular complexity index is 431. The van der Waals surface area contributed by atoms with Crippen molar-refractivity contribution in [1.29, 1.82) is 0 Å². The Morgan fingerprint density at radius 2 is 2.00 bits per heavy atom. The lowest BCUT2D eigenvalue weighted by molar-refractivity contribution is -0.312. The lowest BCUT2D eigenvalue weighted by atomic mass is 9.97. The minimum absolute atomic E-state index is 0.0656. The highest BCUT2D eigenvalue weighted by atomic mass is 32.2. The molecule has 2 rings (SSSR count). The number of ketones is 1. The summed E-state index contributed by atoms with van der Waals surface area (Å²) in [4.78, 5) is 12.5. The first-order valence-corrected chi connectivity index (χ1v) is 9.41. The fourth-order valence-electron chi connectivity index (χ4n) is 2.92. The molecule has 2 aliphatic rings. The SMILES string of the molecule is CCC(C(=O)C1(COC2(C(F)F)CCCCO2)CC1)S(C)=O. The zero-order valence-electron chi connectivity index (χ0n) is 13.1. The molecule has 0 bridgehead atoms. The van der Waals surface area contributed by atoms with Crippen molar-refractivity contribution in [1.82, 2.24) is 0 Å². The van der Waals surface area contributed by atoms with Crippen LogP contribution in [-0.4, -0.2) is 46.9 Å². The third-order valence-electron chi connectivity index (χ3n) is 4.63. The second kappa shape index (κ2) is 7.01. The molecule has 7 heteroatoms. The molecule has 4 nitrogen and oxygen atoms in total.